The van der Waals surface area contributed by atoms with E-state index in [0.717, 1.165) is 22.6 Å². The number of hydrogen-bond acceptors (Lipinski definition) is 4. The first kappa shape index (κ1) is 14.3. The van der Waals surface area contributed by atoms with Crippen LogP contribution >= 0.6 is 0 Å². The summed E-state index contributed by atoms with van der Waals surface area (Å²) in [5.74, 6) is 0.728. The molecule has 0 fully saturated rings. The molecule has 5 nitrogen and oxygen atoms in total. The lowest BCUT2D eigenvalue weighted by Gasteiger charge is -2.14. The van der Waals surface area contributed by atoms with E-state index < -0.39 is 6.10 Å². The molecule has 0 spiro atoms. The summed E-state index contributed by atoms with van der Waals surface area (Å²) in [5, 5.41) is 14.8. The number of ether oxygens (including phenoxy) is 1. The Balaban J connectivity index is 1.83. The highest BCUT2D eigenvalue weighted by Crippen LogP contribution is 2.23. The molecule has 1 atom stereocenters. The molecule has 0 aliphatic carbocycles. The van der Waals surface area contributed by atoms with Crippen LogP contribution in [0.1, 0.15) is 11.7 Å². The van der Waals surface area contributed by atoms with E-state index in [1.54, 1.807) is 30.4 Å². The van der Waals surface area contributed by atoms with E-state index in [2.05, 4.69) is 10.1 Å². The van der Waals surface area contributed by atoms with Crippen molar-refractivity contribution in [1.82, 2.24) is 14.8 Å². The zero-order valence-corrected chi connectivity index (χ0v) is 12.3. The van der Waals surface area contributed by atoms with Gasteiger partial charge < -0.3 is 9.84 Å². The van der Waals surface area contributed by atoms with Gasteiger partial charge in [0.25, 0.3) is 0 Å². The van der Waals surface area contributed by atoms with E-state index in [0.29, 0.717) is 6.54 Å². The van der Waals surface area contributed by atoms with Crippen LogP contribution < -0.4 is 4.74 Å². The maximum atomic E-state index is 10.5. The van der Waals surface area contributed by atoms with Gasteiger partial charge in [-0.1, -0.05) is 12.1 Å². The van der Waals surface area contributed by atoms with Crippen molar-refractivity contribution < 1.29 is 9.84 Å². The molecule has 3 aromatic rings. The maximum absolute atomic E-state index is 10.5. The molecule has 0 aliphatic rings. The zero-order valence-electron chi connectivity index (χ0n) is 12.3. The smallest absolute Gasteiger partial charge is 0.119 e. The van der Waals surface area contributed by atoms with Gasteiger partial charge >= 0.3 is 0 Å². The fraction of sp³-hybridized carbons (Fsp3) is 0.176. The van der Waals surface area contributed by atoms with E-state index >= 15 is 0 Å². The highest BCUT2D eigenvalue weighted by Gasteiger charge is 2.13. The van der Waals surface area contributed by atoms with Crippen LogP contribution in [0.3, 0.4) is 0 Å². The average Bonchev–Trinajstić information content (AvgIpc) is 3.04. The molecule has 5 heteroatoms. The number of rotatable bonds is 5. The van der Waals surface area contributed by atoms with Crippen LogP contribution in [-0.2, 0) is 6.54 Å². The Morgan fingerprint density at radius 3 is 2.73 bits per heavy atom. The summed E-state index contributed by atoms with van der Waals surface area (Å²) >= 11 is 0. The highest BCUT2D eigenvalue weighted by molar-refractivity contribution is 5.58. The van der Waals surface area contributed by atoms with Crippen LogP contribution in [0, 0.1) is 0 Å². The lowest BCUT2D eigenvalue weighted by atomic mass is 10.1. The van der Waals surface area contributed by atoms with Crippen molar-refractivity contribution in [2.24, 2.45) is 0 Å². The van der Waals surface area contributed by atoms with Crippen LogP contribution in [0.5, 0.6) is 5.75 Å². The van der Waals surface area contributed by atoms with Crippen molar-refractivity contribution in [2.45, 2.75) is 12.6 Å². The van der Waals surface area contributed by atoms with Crippen LogP contribution in [0.4, 0.5) is 0 Å². The Morgan fingerprint density at radius 1 is 1.14 bits per heavy atom. The second-order valence-electron chi connectivity index (χ2n) is 4.93. The van der Waals surface area contributed by atoms with Gasteiger partial charge in [-0.05, 0) is 35.9 Å². The van der Waals surface area contributed by atoms with Crippen LogP contribution in [-0.4, -0.2) is 27.0 Å². The highest BCUT2D eigenvalue weighted by atomic mass is 16.5. The number of nitrogens with zero attached hydrogens (tertiary/aromatic N) is 3. The molecule has 112 valence electrons. The SMILES string of the molecule is COc1cccc([C@@H](O)Cn2nccc2-c2ccncc2)c1. The Hall–Kier alpha value is -2.66. The molecule has 22 heavy (non-hydrogen) atoms. The lowest BCUT2D eigenvalue weighted by molar-refractivity contribution is 0.152. The molecule has 0 bridgehead atoms. The van der Waals surface area contributed by atoms with Gasteiger partial charge in [-0.25, -0.2) is 0 Å². The first-order valence-electron chi connectivity index (χ1n) is 7.02. The van der Waals surface area contributed by atoms with Crippen LogP contribution in [0.2, 0.25) is 0 Å². The predicted octanol–water partition coefficient (Wildman–Crippen LogP) is 2.69. The van der Waals surface area contributed by atoms with Gasteiger partial charge in [-0.2, -0.15) is 5.10 Å². The Kier molecular flexibility index (Phi) is 4.16. The normalized spacial score (nSPS) is 12.1. The molecule has 2 heterocycles. The first-order chi connectivity index (χ1) is 10.8. The second-order valence-corrected chi connectivity index (χ2v) is 4.93. The summed E-state index contributed by atoms with van der Waals surface area (Å²) in [5.41, 5.74) is 2.77. The van der Waals surface area contributed by atoms with Gasteiger partial charge in [0.05, 0.1) is 25.5 Å². The van der Waals surface area contributed by atoms with Gasteiger partial charge in [0.15, 0.2) is 0 Å². The number of methoxy groups -OCH3 is 1. The van der Waals surface area contributed by atoms with Crippen molar-refractivity contribution in [2.75, 3.05) is 7.11 Å². The Labute approximate surface area is 128 Å². The monoisotopic (exact) mass is 295 g/mol. The summed E-state index contributed by atoms with van der Waals surface area (Å²) in [6.07, 6.45) is 4.56. The molecule has 0 saturated carbocycles. The van der Waals surface area contributed by atoms with Crippen molar-refractivity contribution in [3.05, 3.63) is 66.6 Å². The van der Waals surface area contributed by atoms with Crippen molar-refractivity contribution in [3.8, 4) is 17.0 Å². The van der Waals surface area contributed by atoms with Crippen molar-refractivity contribution in [1.29, 1.82) is 0 Å². The van der Waals surface area contributed by atoms with Gasteiger partial charge in [0, 0.05) is 24.2 Å². The third-order valence-corrected chi connectivity index (χ3v) is 3.52. The quantitative estimate of drug-likeness (QED) is 0.786. The molecule has 2 aromatic heterocycles. The molecule has 0 aliphatic heterocycles. The molecular weight excluding hydrogens is 278 g/mol. The number of aliphatic hydroxyl groups is 1. The summed E-state index contributed by atoms with van der Waals surface area (Å²) in [6.45, 7) is 0.373. The Morgan fingerprint density at radius 2 is 1.95 bits per heavy atom. The molecule has 1 aromatic carbocycles. The van der Waals surface area contributed by atoms with Gasteiger partial charge in [-0.15, -0.1) is 0 Å². The molecule has 0 radical (unpaired) electrons. The van der Waals surface area contributed by atoms with Crippen LogP contribution in [0.15, 0.2) is 61.1 Å². The van der Waals surface area contributed by atoms with E-state index in [-0.39, 0.29) is 0 Å². The number of benzene rings is 1. The number of aromatic nitrogens is 3. The van der Waals surface area contributed by atoms with Gasteiger partial charge in [0.1, 0.15) is 5.75 Å². The van der Waals surface area contributed by atoms with E-state index in [9.17, 15) is 5.11 Å². The molecule has 0 unspecified atom stereocenters. The topological polar surface area (TPSA) is 60.2 Å². The van der Waals surface area contributed by atoms with Crippen LogP contribution in [0.25, 0.3) is 11.3 Å². The standard InChI is InChI=1S/C17H17N3O2/c1-22-15-4-2-3-14(11-15)17(21)12-20-16(7-10-19-20)13-5-8-18-9-6-13/h2-11,17,21H,12H2,1H3/t17-/m0/s1. The summed E-state index contributed by atoms with van der Waals surface area (Å²) < 4.78 is 6.98. The second kappa shape index (κ2) is 6.41. The largest absolute Gasteiger partial charge is 0.497 e. The van der Waals surface area contributed by atoms with Gasteiger partial charge in [-0.3, -0.25) is 9.67 Å². The van der Waals surface area contributed by atoms with Gasteiger partial charge in [0.2, 0.25) is 0 Å². The summed E-state index contributed by atoms with van der Waals surface area (Å²) in [6, 6.07) is 13.2. The van der Waals surface area contributed by atoms with E-state index in [1.165, 1.54) is 0 Å². The van der Waals surface area contributed by atoms with Crippen molar-refractivity contribution >= 4 is 0 Å². The minimum absolute atomic E-state index is 0.373. The number of pyridine rings is 1. The predicted molar refractivity (Wildman–Crippen MR) is 83.4 cm³/mol. The Bertz CT molecular complexity index is 740. The lowest BCUT2D eigenvalue weighted by Crippen LogP contribution is -2.11. The molecule has 1 N–H and O–H groups in total. The number of hydrogen-bond donors (Lipinski definition) is 1. The molecular formula is C17H17N3O2. The molecule has 3 rings (SSSR count). The first-order valence-corrected chi connectivity index (χ1v) is 7.02. The summed E-state index contributed by atoms with van der Waals surface area (Å²) in [4.78, 5) is 4.02. The minimum Gasteiger partial charge on any atom is -0.497 e. The zero-order chi connectivity index (χ0) is 15.4. The molecule has 0 saturated heterocycles. The number of aliphatic hydroxyl groups excluding tert-OH is 1. The van der Waals surface area contributed by atoms with Crippen molar-refractivity contribution in [3.63, 3.8) is 0 Å². The maximum Gasteiger partial charge on any atom is 0.119 e. The fourth-order valence-electron chi connectivity index (χ4n) is 2.36. The molecule has 0 amide bonds. The fourth-order valence-corrected chi connectivity index (χ4v) is 2.36. The van der Waals surface area contributed by atoms with E-state index in [4.69, 9.17) is 4.74 Å². The third kappa shape index (κ3) is 2.99. The third-order valence-electron chi connectivity index (χ3n) is 3.52. The average molecular weight is 295 g/mol. The summed E-state index contributed by atoms with van der Waals surface area (Å²) in [7, 11) is 1.61. The van der Waals surface area contributed by atoms with E-state index in [1.807, 2.05) is 42.5 Å². The minimum atomic E-state index is -0.657.